The van der Waals surface area contributed by atoms with Gasteiger partial charge in [0.1, 0.15) is 11.9 Å². The first-order chi connectivity index (χ1) is 8.36. The summed E-state index contributed by atoms with van der Waals surface area (Å²) in [5.74, 6) is 1.01. The van der Waals surface area contributed by atoms with Crippen molar-refractivity contribution in [3.8, 4) is 5.75 Å². The van der Waals surface area contributed by atoms with Gasteiger partial charge in [0.2, 0.25) is 0 Å². The Morgan fingerprint density at radius 2 is 2.17 bits per heavy atom. The number of hydrogen-bond acceptors (Lipinski definition) is 2. The molecule has 0 saturated carbocycles. The Morgan fingerprint density at radius 3 is 2.83 bits per heavy atom. The average Bonchev–Trinajstić information content (AvgIpc) is 2.66. The first-order valence-corrected chi connectivity index (χ1v) is 9.42. The molecule has 100 valence electrons. The van der Waals surface area contributed by atoms with Gasteiger partial charge >= 0.3 is 0 Å². The maximum atomic E-state index is 6.05. The molecule has 4 heteroatoms. The summed E-state index contributed by atoms with van der Waals surface area (Å²) in [6, 6.07) is 6.19. The van der Waals surface area contributed by atoms with Gasteiger partial charge in [0.25, 0.3) is 0 Å². The molecule has 18 heavy (non-hydrogen) atoms. The van der Waals surface area contributed by atoms with Crippen LogP contribution in [-0.4, -0.2) is 21.8 Å². The Morgan fingerprint density at radius 1 is 1.44 bits per heavy atom. The van der Waals surface area contributed by atoms with E-state index in [2.05, 4.69) is 49.3 Å². The third-order valence-electron chi connectivity index (χ3n) is 3.52. The van der Waals surface area contributed by atoms with Crippen molar-refractivity contribution in [1.29, 1.82) is 0 Å². The van der Waals surface area contributed by atoms with Crippen LogP contribution < -0.4 is 4.74 Å². The number of hydrogen-bond donors (Lipinski definition) is 0. The van der Waals surface area contributed by atoms with Crippen LogP contribution in [-0.2, 0) is 10.8 Å². The van der Waals surface area contributed by atoms with Crippen molar-refractivity contribution in [3.05, 3.63) is 28.2 Å². The van der Waals surface area contributed by atoms with Crippen LogP contribution in [0.2, 0.25) is 11.6 Å². The molecule has 2 unspecified atom stereocenters. The van der Waals surface area contributed by atoms with Crippen molar-refractivity contribution in [3.63, 3.8) is 0 Å². The minimum Gasteiger partial charge on any atom is -0.487 e. The molecule has 0 aliphatic carbocycles. The highest BCUT2D eigenvalue weighted by atomic mass is 79.9. The van der Waals surface area contributed by atoms with E-state index in [0.29, 0.717) is 5.04 Å². The Balaban J connectivity index is 1.89. The minimum absolute atomic E-state index is 0.187. The zero-order valence-electron chi connectivity index (χ0n) is 11.5. The zero-order chi connectivity index (χ0) is 13.3. The van der Waals surface area contributed by atoms with E-state index in [1.54, 1.807) is 0 Å². The van der Waals surface area contributed by atoms with Gasteiger partial charge in [-0.15, -0.1) is 0 Å². The summed E-state index contributed by atoms with van der Waals surface area (Å²) in [5, 5.41) is 0.314. The van der Waals surface area contributed by atoms with Crippen LogP contribution in [0, 0.1) is 0 Å². The Hall–Kier alpha value is -0.323. The second-order valence-corrected chi connectivity index (χ2v) is 10.3. The summed E-state index contributed by atoms with van der Waals surface area (Å²) >= 11 is 3.49. The molecule has 0 N–H and O–H groups in total. The molecule has 0 fully saturated rings. The van der Waals surface area contributed by atoms with Crippen molar-refractivity contribution < 1.29 is 9.16 Å². The van der Waals surface area contributed by atoms with Crippen LogP contribution in [0.4, 0.5) is 0 Å². The summed E-state index contributed by atoms with van der Waals surface area (Å²) in [6.45, 7) is 9.75. The molecular formula is C14H21BrO2Si. The highest BCUT2D eigenvalue weighted by molar-refractivity contribution is 9.10. The van der Waals surface area contributed by atoms with Gasteiger partial charge in [-0.1, -0.05) is 36.7 Å². The highest BCUT2D eigenvalue weighted by Gasteiger charge is 2.27. The number of ether oxygens (including phenoxy) is 1. The van der Waals surface area contributed by atoms with Gasteiger partial charge in [-0.3, -0.25) is 0 Å². The van der Waals surface area contributed by atoms with Gasteiger partial charge in [0, 0.05) is 10.9 Å². The maximum Gasteiger partial charge on any atom is 0.179 e. The summed E-state index contributed by atoms with van der Waals surface area (Å²) in [7, 11) is -1.14. The monoisotopic (exact) mass is 328 g/mol. The van der Waals surface area contributed by atoms with E-state index in [9.17, 15) is 0 Å². The van der Waals surface area contributed by atoms with Crippen LogP contribution in [0.15, 0.2) is 22.7 Å². The second kappa shape index (κ2) is 5.35. The fraction of sp³-hybridized carbons (Fsp3) is 0.571. The standard InChI is InChI=1S/C14H21BrO2Si/c1-14(2,3)18(4)16-9-12-8-10-7-11(15)5-6-13(10)17-12/h5-7,12,18H,8-9H2,1-4H3. The largest absolute Gasteiger partial charge is 0.487 e. The lowest BCUT2D eigenvalue weighted by atomic mass is 10.1. The fourth-order valence-electron chi connectivity index (χ4n) is 1.88. The topological polar surface area (TPSA) is 18.5 Å². The van der Waals surface area contributed by atoms with Gasteiger partial charge in [-0.2, -0.15) is 0 Å². The zero-order valence-corrected chi connectivity index (χ0v) is 14.2. The molecule has 0 radical (unpaired) electrons. The van der Waals surface area contributed by atoms with E-state index in [1.807, 2.05) is 12.1 Å². The lowest BCUT2D eigenvalue weighted by Gasteiger charge is -2.26. The molecule has 1 aliphatic rings. The Labute approximate surface area is 120 Å². The second-order valence-electron chi connectivity index (χ2n) is 6.04. The number of rotatable bonds is 3. The Kier molecular flexibility index (Phi) is 4.19. The predicted octanol–water partition coefficient (Wildman–Crippen LogP) is 3.92. The molecule has 0 amide bonds. The molecule has 0 bridgehead atoms. The van der Waals surface area contributed by atoms with E-state index in [0.717, 1.165) is 23.2 Å². The molecule has 2 nitrogen and oxygen atoms in total. The van der Waals surface area contributed by atoms with E-state index >= 15 is 0 Å². The van der Waals surface area contributed by atoms with E-state index in [-0.39, 0.29) is 6.10 Å². The smallest absolute Gasteiger partial charge is 0.179 e. The highest BCUT2D eigenvalue weighted by Crippen LogP contribution is 2.32. The third-order valence-corrected chi connectivity index (χ3v) is 7.14. The summed E-state index contributed by atoms with van der Waals surface area (Å²) in [6.07, 6.45) is 1.15. The molecule has 0 aromatic heterocycles. The fourth-order valence-corrected chi connectivity index (χ4v) is 3.30. The van der Waals surface area contributed by atoms with Crippen LogP contribution >= 0.6 is 15.9 Å². The molecule has 2 rings (SSSR count). The number of halogens is 1. The minimum atomic E-state index is -1.14. The van der Waals surface area contributed by atoms with Crippen LogP contribution in [0.1, 0.15) is 26.3 Å². The molecule has 2 atom stereocenters. The van der Waals surface area contributed by atoms with Crippen LogP contribution in [0.25, 0.3) is 0 Å². The van der Waals surface area contributed by atoms with Gasteiger partial charge in [0.15, 0.2) is 9.04 Å². The quantitative estimate of drug-likeness (QED) is 0.783. The summed E-state index contributed by atoms with van der Waals surface area (Å²) in [5.41, 5.74) is 1.28. The van der Waals surface area contributed by atoms with Crippen molar-refractivity contribution in [2.45, 2.75) is 44.9 Å². The van der Waals surface area contributed by atoms with Gasteiger partial charge in [-0.05, 0) is 35.3 Å². The lowest BCUT2D eigenvalue weighted by Crippen LogP contribution is -2.31. The summed E-state index contributed by atoms with van der Waals surface area (Å²) < 4.78 is 13.1. The molecule has 1 heterocycles. The van der Waals surface area contributed by atoms with Crippen molar-refractivity contribution >= 4 is 25.0 Å². The molecule has 1 aliphatic heterocycles. The number of benzene rings is 1. The predicted molar refractivity (Wildman–Crippen MR) is 80.9 cm³/mol. The van der Waals surface area contributed by atoms with Gasteiger partial charge < -0.3 is 9.16 Å². The van der Waals surface area contributed by atoms with Gasteiger partial charge in [-0.25, -0.2) is 0 Å². The first-order valence-electron chi connectivity index (χ1n) is 6.43. The van der Waals surface area contributed by atoms with Crippen LogP contribution in [0.3, 0.4) is 0 Å². The van der Waals surface area contributed by atoms with Crippen molar-refractivity contribution in [1.82, 2.24) is 0 Å². The first kappa shape index (κ1) is 14.1. The molecular weight excluding hydrogens is 308 g/mol. The maximum absolute atomic E-state index is 6.05. The molecule has 1 aromatic rings. The van der Waals surface area contributed by atoms with Crippen molar-refractivity contribution in [2.24, 2.45) is 0 Å². The van der Waals surface area contributed by atoms with E-state index < -0.39 is 9.04 Å². The van der Waals surface area contributed by atoms with E-state index in [1.165, 1.54) is 5.56 Å². The SMILES string of the molecule is C[SiH](OCC1Cc2cc(Br)ccc2O1)C(C)(C)C. The van der Waals surface area contributed by atoms with Crippen molar-refractivity contribution in [2.75, 3.05) is 6.61 Å². The average molecular weight is 329 g/mol. The third kappa shape index (κ3) is 3.37. The molecule has 0 spiro atoms. The normalized spacial score (nSPS) is 20.4. The number of fused-ring (bicyclic) bond motifs is 1. The Bertz CT molecular complexity index is 428. The van der Waals surface area contributed by atoms with Crippen LogP contribution in [0.5, 0.6) is 5.75 Å². The summed E-state index contributed by atoms with van der Waals surface area (Å²) in [4.78, 5) is 0. The molecule has 0 saturated heterocycles. The lowest BCUT2D eigenvalue weighted by molar-refractivity contribution is 0.144. The molecule has 1 aromatic carbocycles. The van der Waals surface area contributed by atoms with Gasteiger partial charge in [0.05, 0.1) is 6.61 Å². The van der Waals surface area contributed by atoms with E-state index in [4.69, 9.17) is 9.16 Å².